The number of nitrogens with one attached hydrogen (secondary N) is 2. The zero-order valence-electron chi connectivity index (χ0n) is 10.5. The van der Waals surface area contributed by atoms with Crippen molar-refractivity contribution in [1.82, 2.24) is 10.6 Å². The third kappa shape index (κ3) is 6.74. The van der Waals surface area contributed by atoms with Crippen LogP contribution in [0.1, 0.15) is 25.3 Å². The molecule has 0 spiro atoms. The van der Waals surface area contributed by atoms with Crippen LogP contribution < -0.4 is 10.6 Å². The summed E-state index contributed by atoms with van der Waals surface area (Å²) in [4.78, 5) is 9.87. The van der Waals surface area contributed by atoms with Gasteiger partial charge in [0.25, 0.3) is 0 Å². The maximum Gasteiger partial charge on any atom is 0.207 e. The predicted molar refractivity (Wildman–Crippen MR) is 70.6 cm³/mol. The highest BCUT2D eigenvalue weighted by Crippen LogP contribution is 2.08. The molecule has 0 radical (unpaired) electrons. The molecule has 1 amide bonds. The number of amides is 1. The van der Waals surface area contributed by atoms with Gasteiger partial charge in [0.05, 0.1) is 0 Å². The van der Waals surface area contributed by atoms with E-state index >= 15 is 0 Å². The monoisotopic (exact) mass is 234 g/mol. The molecule has 0 atom stereocenters. The normalized spacial score (nSPS) is 15.6. The van der Waals surface area contributed by atoms with Crippen LogP contribution in [0.4, 0.5) is 0 Å². The van der Waals surface area contributed by atoms with Gasteiger partial charge in [-0.2, -0.15) is 0 Å². The largest absolute Gasteiger partial charge is 0.355 e. The zero-order chi connectivity index (χ0) is 12.3. The van der Waals surface area contributed by atoms with Crippen LogP contribution in [0.2, 0.25) is 0 Å². The molecule has 2 N–H and O–H groups in total. The topological polar surface area (TPSA) is 41.1 Å². The van der Waals surface area contributed by atoms with Gasteiger partial charge in [-0.15, -0.1) is 0 Å². The van der Waals surface area contributed by atoms with Crippen LogP contribution in [-0.4, -0.2) is 19.5 Å². The van der Waals surface area contributed by atoms with Gasteiger partial charge < -0.3 is 10.6 Å². The fourth-order valence-electron chi connectivity index (χ4n) is 1.72. The molecule has 1 aromatic rings. The van der Waals surface area contributed by atoms with Gasteiger partial charge in [0.1, 0.15) is 0 Å². The molecule has 1 heterocycles. The maximum absolute atomic E-state index is 9.87. The third-order valence-corrected chi connectivity index (χ3v) is 2.86. The molecule has 2 rings (SSSR count). The first-order chi connectivity index (χ1) is 8.33. The van der Waals surface area contributed by atoms with E-state index in [1.165, 1.54) is 25.9 Å². The summed E-state index contributed by atoms with van der Waals surface area (Å²) in [5.74, 6) is 0.973. The van der Waals surface area contributed by atoms with Gasteiger partial charge >= 0.3 is 0 Å². The van der Waals surface area contributed by atoms with Crippen molar-refractivity contribution in [3.63, 3.8) is 0 Å². The Labute approximate surface area is 104 Å². The Morgan fingerprint density at radius 3 is 2.41 bits per heavy atom. The summed E-state index contributed by atoms with van der Waals surface area (Å²) < 4.78 is 0. The number of benzene rings is 1. The Morgan fingerprint density at radius 2 is 1.94 bits per heavy atom. The fraction of sp³-hybridized carbons (Fsp3) is 0.500. The van der Waals surface area contributed by atoms with Gasteiger partial charge in [0.2, 0.25) is 6.41 Å². The standard InChI is InChI=1S/C8H9NO.C6H13N/c10-7-9-6-8-4-2-1-3-5-8;1-6-2-4-7-5-3-6/h1-5,7H,6H2,(H,9,10);6-7H,2-5H2,1H3. The molecule has 0 aromatic heterocycles. The Morgan fingerprint density at radius 1 is 1.29 bits per heavy atom. The second kappa shape index (κ2) is 8.76. The van der Waals surface area contributed by atoms with Crippen LogP contribution in [-0.2, 0) is 11.3 Å². The molecular formula is C14H22N2O. The van der Waals surface area contributed by atoms with Gasteiger partial charge in [0, 0.05) is 6.54 Å². The quantitative estimate of drug-likeness (QED) is 0.785. The average molecular weight is 234 g/mol. The van der Waals surface area contributed by atoms with Gasteiger partial charge in [-0.05, 0) is 37.4 Å². The van der Waals surface area contributed by atoms with Crippen molar-refractivity contribution < 1.29 is 4.79 Å². The van der Waals surface area contributed by atoms with Crippen LogP contribution in [0.5, 0.6) is 0 Å². The molecule has 1 aliphatic heterocycles. The SMILES string of the molecule is CC1CCNCC1.O=CNCc1ccccc1. The maximum atomic E-state index is 9.87. The molecule has 3 heteroatoms. The van der Waals surface area contributed by atoms with Crippen molar-refractivity contribution in [2.45, 2.75) is 26.3 Å². The molecule has 0 saturated carbocycles. The summed E-state index contributed by atoms with van der Waals surface area (Å²) >= 11 is 0. The van der Waals surface area contributed by atoms with Crippen LogP contribution in [0.25, 0.3) is 0 Å². The average Bonchev–Trinajstić information content (AvgIpc) is 2.39. The van der Waals surface area contributed by atoms with Gasteiger partial charge in [-0.3, -0.25) is 4.79 Å². The van der Waals surface area contributed by atoms with Crippen molar-refractivity contribution in [2.24, 2.45) is 5.92 Å². The fourth-order valence-corrected chi connectivity index (χ4v) is 1.72. The van der Waals surface area contributed by atoms with E-state index in [9.17, 15) is 4.79 Å². The number of piperidine rings is 1. The van der Waals surface area contributed by atoms with Crippen LogP contribution in [0, 0.1) is 5.92 Å². The molecule has 3 nitrogen and oxygen atoms in total. The third-order valence-electron chi connectivity index (χ3n) is 2.86. The highest BCUT2D eigenvalue weighted by atomic mass is 16.1. The number of carbonyl (C=O) groups excluding carboxylic acids is 1. The lowest BCUT2D eigenvalue weighted by Crippen LogP contribution is -2.26. The van der Waals surface area contributed by atoms with Crippen molar-refractivity contribution in [1.29, 1.82) is 0 Å². The van der Waals surface area contributed by atoms with E-state index < -0.39 is 0 Å². The van der Waals surface area contributed by atoms with Crippen LogP contribution >= 0.6 is 0 Å². The van der Waals surface area contributed by atoms with Gasteiger partial charge in [-0.25, -0.2) is 0 Å². The molecule has 1 aromatic carbocycles. The van der Waals surface area contributed by atoms with Crippen molar-refractivity contribution in [3.8, 4) is 0 Å². The molecule has 17 heavy (non-hydrogen) atoms. The Bertz CT molecular complexity index is 294. The summed E-state index contributed by atoms with van der Waals surface area (Å²) in [7, 11) is 0. The number of rotatable bonds is 3. The van der Waals surface area contributed by atoms with Crippen molar-refractivity contribution in [3.05, 3.63) is 35.9 Å². The number of hydrogen-bond acceptors (Lipinski definition) is 2. The summed E-state index contributed by atoms with van der Waals surface area (Å²) in [5, 5.41) is 5.90. The van der Waals surface area contributed by atoms with Gasteiger partial charge in [-0.1, -0.05) is 37.3 Å². The molecule has 1 fully saturated rings. The second-order valence-electron chi connectivity index (χ2n) is 4.42. The van der Waals surface area contributed by atoms with Crippen LogP contribution in [0.15, 0.2) is 30.3 Å². The summed E-state index contributed by atoms with van der Waals surface area (Å²) in [5.41, 5.74) is 1.12. The molecule has 0 aliphatic carbocycles. The first-order valence-electron chi connectivity index (χ1n) is 6.24. The summed E-state index contributed by atoms with van der Waals surface area (Å²) in [6.45, 7) is 5.41. The Balaban J connectivity index is 0.000000181. The number of hydrogen-bond donors (Lipinski definition) is 2. The Hall–Kier alpha value is -1.35. The van der Waals surface area contributed by atoms with E-state index in [2.05, 4.69) is 17.6 Å². The van der Waals surface area contributed by atoms with E-state index in [1.54, 1.807) is 0 Å². The number of carbonyl (C=O) groups is 1. The molecule has 0 unspecified atom stereocenters. The lowest BCUT2D eigenvalue weighted by atomic mass is 10.0. The van der Waals surface area contributed by atoms with Crippen molar-refractivity contribution >= 4 is 6.41 Å². The second-order valence-corrected chi connectivity index (χ2v) is 4.42. The van der Waals surface area contributed by atoms with E-state index in [0.717, 1.165) is 11.5 Å². The highest BCUT2D eigenvalue weighted by Gasteiger charge is 2.04. The molecule has 0 bridgehead atoms. The molecular weight excluding hydrogens is 212 g/mol. The lowest BCUT2D eigenvalue weighted by Gasteiger charge is -2.17. The smallest absolute Gasteiger partial charge is 0.207 e. The first kappa shape index (κ1) is 13.7. The minimum Gasteiger partial charge on any atom is -0.355 e. The predicted octanol–water partition coefficient (Wildman–Crippen LogP) is 1.94. The minimum atomic E-state index is 0.615. The first-order valence-corrected chi connectivity index (χ1v) is 6.24. The van der Waals surface area contributed by atoms with Crippen LogP contribution in [0.3, 0.4) is 0 Å². The van der Waals surface area contributed by atoms with E-state index in [-0.39, 0.29) is 0 Å². The van der Waals surface area contributed by atoms with E-state index in [0.29, 0.717) is 13.0 Å². The van der Waals surface area contributed by atoms with E-state index in [1.807, 2.05) is 30.3 Å². The minimum absolute atomic E-state index is 0.615. The van der Waals surface area contributed by atoms with Gasteiger partial charge in [0.15, 0.2) is 0 Å². The molecule has 1 aliphatic rings. The van der Waals surface area contributed by atoms with Crippen molar-refractivity contribution in [2.75, 3.05) is 13.1 Å². The summed E-state index contributed by atoms with van der Waals surface area (Å²) in [6.07, 6.45) is 3.45. The Kier molecular flexibility index (Phi) is 7.07. The molecule has 1 saturated heterocycles. The summed E-state index contributed by atoms with van der Waals surface area (Å²) in [6, 6.07) is 9.78. The highest BCUT2D eigenvalue weighted by molar-refractivity contribution is 5.46. The molecule has 94 valence electrons. The zero-order valence-corrected chi connectivity index (χ0v) is 10.5. The van der Waals surface area contributed by atoms with E-state index in [4.69, 9.17) is 0 Å². The lowest BCUT2D eigenvalue weighted by molar-refractivity contribution is -0.109.